The average molecular weight is 435 g/mol. The maximum absolute atomic E-state index is 12.2. The first-order valence-corrected chi connectivity index (χ1v) is 10.9. The van der Waals surface area contributed by atoms with Crippen LogP contribution in [0.4, 0.5) is 4.79 Å². The maximum atomic E-state index is 12.2. The molecule has 1 amide bonds. The van der Waals surface area contributed by atoms with Crippen LogP contribution in [0.25, 0.3) is 0 Å². The van der Waals surface area contributed by atoms with E-state index in [1.54, 1.807) is 4.90 Å². The van der Waals surface area contributed by atoms with Crippen LogP contribution in [0.15, 0.2) is 24.3 Å². The van der Waals surface area contributed by atoms with Crippen LogP contribution in [0.5, 0.6) is 5.75 Å². The molecule has 2 fully saturated rings. The van der Waals surface area contributed by atoms with Crippen molar-refractivity contribution in [1.82, 2.24) is 10.4 Å². The number of nitrogens with zero attached hydrogens (tertiary/aromatic N) is 1. The standard InChI is InChI=1S/C23H34N2O6/c1-23(2,3)30-22(27)25-11-9-16(10-12-25)15-29-18-7-5-17(6-8-18)20-13-19(31-24-20)14-21(26)28-4/h5-8,16,19-20,24H,9-15H2,1-4H3. The zero-order valence-electron chi connectivity index (χ0n) is 18.9. The Hall–Kier alpha value is -2.32. The highest BCUT2D eigenvalue weighted by molar-refractivity contribution is 5.69. The van der Waals surface area contributed by atoms with Crippen molar-refractivity contribution >= 4 is 12.1 Å². The van der Waals surface area contributed by atoms with Crippen LogP contribution in [0.1, 0.15) is 58.1 Å². The number of rotatable bonds is 6. The lowest BCUT2D eigenvalue weighted by molar-refractivity contribution is -0.143. The number of carbonyl (C=O) groups is 2. The zero-order chi connectivity index (χ0) is 22.4. The number of hydrogen-bond acceptors (Lipinski definition) is 7. The van der Waals surface area contributed by atoms with Crippen molar-refractivity contribution in [1.29, 1.82) is 0 Å². The summed E-state index contributed by atoms with van der Waals surface area (Å²) in [7, 11) is 1.38. The van der Waals surface area contributed by atoms with Gasteiger partial charge in [0, 0.05) is 13.1 Å². The fraction of sp³-hybridized carbons (Fsp3) is 0.652. The lowest BCUT2D eigenvalue weighted by Gasteiger charge is -2.33. The average Bonchev–Trinajstić information content (AvgIpc) is 3.20. The Morgan fingerprint density at radius 2 is 1.84 bits per heavy atom. The Morgan fingerprint density at radius 3 is 2.45 bits per heavy atom. The number of hydroxylamine groups is 1. The number of hydrogen-bond donors (Lipinski definition) is 1. The fourth-order valence-corrected chi connectivity index (χ4v) is 3.75. The molecular weight excluding hydrogens is 400 g/mol. The summed E-state index contributed by atoms with van der Waals surface area (Å²) in [6.07, 6.45) is 2.35. The van der Waals surface area contributed by atoms with Crippen LogP contribution in [-0.2, 0) is 19.1 Å². The molecule has 0 saturated carbocycles. The van der Waals surface area contributed by atoms with E-state index >= 15 is 0 Å². The van der Waals surface area contributed by atoms with Crippen molar-refractivity contribution in [3.8, 4) is 5.75 Å². The quantitative estimate of drug-likeness (QED) is 0.685. The third-order valence-corrected chi connectivity index (χ3v) is 5.53. The molecule has 2 aliphatic rings. The van der Waals surface area contributed by atoms with E-state index in [9.17, 15) is 9.59 Å². The molecule has 8 nitrogen and oxygen atoms in total. The minimum absolute atomic E-state index is 0.0425. The molecule has 0 bridgehead atoms. The van der Waals surface area contributed by atoms with Gasteiger partial charge in [-0.1, -0.05) is 12.1 Å². The molecule has 8 heteroatoms. The van der Waals surface area contributed by atoms with E-state index in [1.807, 2.05) is 45.0 Å². The molecule has 31 heavy (non-hydrogen) atoms. The van der Waals surface area contributed by atoms with E-state index in [0.717, 1.165) is 24.2 Å². The van der Waals surface area contributed by atoms with E-state index in [-0.39, 0.29) is 30.6 Å². The molecule has 2 aliphatic heterocycles. The first-order valence-electron chi connectivity index (χ1n) is 10.9. The number of benzene rings is 1. The lowest BCUT2D eigenvalue weighted by Crippen LogP contribution is -2.42. The molecule has 172 valence electrons. The highest BCUT2D eigenvalue weighted by Gasteiger charge is 2.29. The van der Waals surface area contributed by atoms with Gasteiger partial charge >= 0.3 is 12.1 Å². The van der Waals surface area contributed by atoms with Gasteiger partial charge in [-0.3, -0.25) is 9.63 Å². The summed E-state index contributed by atoms with van der Waals surface area (Å²) in [6.45, 7) is 7.67. The molecular formula is C23H34N2O6. The molecule has 0 aromatic heterocycles. The Labute approximate surface area is 184 Å². The second-order valence-corrected chi connectivity index (χ2v) is 9.22. The molecule has 1 aromatic carbocycles. The van der Waals surface area contributed by atoms with Crippen LogP contribution < -0.4 is 10.2 Å². The summed E-state index contributed by atoms with van der Waals surface area (Å²) < 4.78 is 16.1. The number of nitrogens with one attached hydrogen (secondary N) is 1. The Bertz CT molecular complexity index is 737. The highest BCUT2D eigenvalue weighted by Crippen LogP contribution is 2.29. The van der Waals surface area contributed by atoms with Gasteiger partial charge in [-0.25, -0.2) is 4.79 Å². The van der Waals surface area contributed by atoms with Gasteiger partial charge in [-0.15, -0.1) is 0 Å². The van der Waals surface area contributed by atoms with E-state index in [4.69, 9.17) is 19.0 Å². The second kappa shape index (κ2) is 10.3. The molecule has 1 aromatic rings. The normalized spacial score (nSPS) is 22.3. The summed E-state index contributed by atoms with van der Waals surface area (Å²) in [5.74, 6) is 0.971. The largest absolute Gasteiger partial charge is 0.493 e. The molecule has 2 unspecified atom stereocenters. The molecule has 1 N–H and O–H groups in total. The summed E-state index contributed by atoms with van der Waals surface area (Å²) in [5, 5.41) is 0. The number of piperidine rings is 1. The van der Waals surface area contributed by atoms with Crippen molar-refractivity contribution in [2.75, 3.05) is 26.8 Å². The van der Waals surface area contributed by atoms with Gasteiger partial charge in [0.1, 0.15) is 11.4 Å². The van der Waals surface area contributed by atoms with Crippen LogP contribution in [-0.4, -0.2) is 55.5 Å². The van der Waals surface area contributed by atoms with E-state index in [2.05, 4.69) is 5.48 Å². The molecule has 3 rings (SSSR count). The number of carbonyl (C=O) groups excluding carboxylic acids is 2. The van der Waals surface area contributed by atoms with Crippen molar-refractivity contribution < 1.29 is 28.6 Å². The molecule has 2 atom stereocenters. The first kappa shape index (κ1) is 23.3. The van der Waals surface area contributed by atoms with Crippen LogP contribution >= 0.6 is 0 Å². The summed E-state index contributed by atoms with van der Waals surface area (Å²) >= 11 is 0. The SMILES string of the molecule is COC(=O)CC1CC(c2ccc(OCC3CCN(C(=O)OC(C)(C)C)CC3)cc2)NO1. The van der Waals surface area contributed by atoms with E-state index in [1.165, 1.54) is 7.11 Å². The van der Waals surface area contributed by atoms with Gasteiger partial charge < -0.3 is 19.1 Å². The Balaban J connectivity index is 1.39. The van der Waals surface area contributed by atoms with Crippen molar-refractivity contribution in [2.24, 2.45) is 5.92 Å². The van der Waals surface area contributed by atoms with Gasteiger partial charge in [0.25, 0.3) is 0 Å². The van der Waals surface area contributed by atoms with Crippen LogP contribution in [0.3, 0.4) is 0 Å². The third-order valence-electron chi connectivity index (χ3n) is 5.53. The van der Waals surface area contributed by atoms with Crippen LogP contribution in [0, 0.1) is 5.92 Å². The van der Waals surface area contributed by atoms with Gasteiger partial charge in [0.2, 0.25) is 0 Å². The first-order chi connectivity index (χ1) is 14.7. The number of esters is 1. The number of ether oxygens (including phenoxy) is 3. The van der Waals surface area contributed by atoms with Crippen LogP contribution in [0.2, 0.25) is 0 Å². The van der Waals surface area contributed by atoms with E-state index < -0.39 is 5.60 Å². The predicted octanol–water partition coefficient (Wildman–Crippen LogP) is 3.61. The van der Waals surface area contributed by atoms with Crippen molar-refractivity contribution in [2.45, 2.75) is 64.2 Å². The third kappa shape index (κ3) is 7.11. The Morgan fingerprint density at radius 1 is 1.16 bits per heavy atom. The maximum Gasteiger partial charge on any atom is 0.410 e. The van der Waals surface area contributed by atoms with E-state index in [0.29, 0.717) is 32.0 Å². The minimum atomic E-state index is -0.467. The molecule has 2 heterocycles. The Kier molecular flexibility index (Phi) is 7.78. The van der Waals surface area contributed by atoms with Gasteiger partial charge in [0.15, 0.2) is 0 Å². The molecule has 0 aliphatic carbocycles. The van der Waals surface area contributed by atoms with Crippen molar-refractivity contribution in [3.63, 3.8) is 0 Å². The number of likely N-dealkylation sites (tertiary alicyclic amines) is 1. The number of methoxy groups -OCH3 is 1. The molecule has 0 radical (unpaired) electrons. The fourth-order valence-electron chi connectivity index (χ4n) is 3.75. The highest BCUT2D eigenvalue weighted by atomic mass is 16.7. The topological polar surface area (TPSA) is 86.3 Å². The summed E-state index contributed by atoms with van der Waals surface area (Å²) in [6, 6.07) is 7.99. The predicted molar refractivity (Wildman–Crippen MR) is 114 cm³/mol. The summed E-state index contributed by atoms with van der Waals surface area (Å²) in [4.78, 5) is 30.8. The monoisotopic (exact) mass is 434 g/mol. The zero-order valence-corrected chi connectivity index (χ0v) is 18.9. The molecule has 2 saturated heterocycles. The molecule has 0 spiro atoms. The number of amides is 1. The van der Waals surface area contributed by atoms with Gasteiger partial charge in [-0.2, -0.15) is 5.48 Å². The van der Waals surface area contributed by atoms with Crippen molar-refractivity contribution in [3.05, 3.63) is 29.8 Å². The van der Waals surface area contributed by atoms with Gasteiger partial charge in [-0.05, 0) is 63.6 Å². The lowest BCUT2D eigenvalue weighted by atomic mass is 9.98. The minimum Gasteiger partial charge on any atom is -0.493 e. The summed E-state index contributed by atoms with van der Waals surface area (Å²) in [5.41, 5.74) is 3.61. The van der Waals surface area contributed by atoms with Gasteiger partial charge in [0.05, 0.1) is 32.3 Å². The second-order valence-electron chi connectivity index (χ2n) is 9.22. The smallest absolute Gasteiger partial charge is 0.410 e.